The zero-order valence-corrected chi connectivity index (χ0v) is 13.2. The van der Waals surface area contributed by atoms with Crippen LogP contribution in [-0.2, 0) is 19.4 Å². The first-order valence-corrected chi connectivity index (χ1v) is 8.73. The van der Waals surface area contributed by atoms with Crippen LogP contribution in [0.3, 0.4) is 0 Å². The number of carbonyl (C=O) groups excluding carboxylic acids is 2. The lowest BCUT2D eigenvalue weighted by atomic mass is 10.2. The third kappa shape index (κ3) is 4.25. The van der Waals surface area contributed by atoms with Gasteiger partial charge in [0.2, 0.25) is 11.8 Å². The summed E-state index contributed by atoms with van der Waals surface area (Å²) in [5.74, 6) is -3.41. The number of hydrogen-bond acceptors (Lipinski definition) is 4. The molecule has 0 spiro atoms. The van der Waals surface area contributed by atoms with Crippen LogP contribution in [-0.4, -0.2) is 49.2 Å². The first-order valence-electron chi connectivity index (χ1n) is 6.91. The van der Waals surface area contributed by atoms with Crippen LogP contribution in [0.15, 0.2) is 18.2 Å². The van der Waals surface area contributed by atoms with Crippen LogP contribution < -0.4 is 5.32 Å². The van der Waals surface area contributed by atoms with Crippen molar-refractivity contribution < 1.29 is 26.8 Å². The lowest BCUT2D eigenvalue weighted by Crippen LogP contribution is -2.44. The maximum atomic E-state index is 13.5. The minimum Gasteiger partial charge on any atom is -0.330 e. The lowest BCUT2D eigenvalue weighted by Gasteiger charge is -2.26. The van der Waals surface area contributed by atoms with E-state index in [1.54, 1.807) is 0 Å². The Hall–Kier alpha value is -2.03. The zero-order chi connectivity index (χ0) is 17.2. The second kappa shape index (κ2) is 6.61. The number of carbonyl (C=O) groups is 2. The van der Waals surface area contributed by atoms with Gasteiger partial charge in [0.05, 0.1) is 11.5 Å². The highest BCUT2D eigenvalue weighted by atomic mass is 32.2. The van der Waals surface area contributed by atoms with E-state index >= 15 is 0 Å². The molecule has 0 aromatic heterocycles. The Balaban J connectivity index is 2.09. The normalized spacial score (nSPS) is 19.3. The number of nitrogens with zero attached hydrogens (tertiary/aromatic N) is 1. The molecule has 1 unspecified atom stereocenters. The smallest absolute Gasteiger partial charge is 0.244 e. The molecule has 1 aromatic carbocycles. The molecule has 23 heavy (non-hydrogen) atoms. The van der Waals surface area contributed by atoms with Crippen LogP contribution in [0.1, 0.15) is 13.3 Å². The van der Waals surface area contributed by atoms with Crippen LogP contribution >= 0.6 is 0 Å². The second-order valence-electron chi connectivity index (χ2n) is 5.35. The summed E-state index contributed by atoms with van der Waals surface area (Å²) in [6.45, 7) is 0.741. The molecule has 1 saturated heterocycles. The van der Waals surface area contributed by atoms with E-state index in [4.69, 9.17) is 0 Å². The molecule has 1 heterocycles. The summed E-state index contributed by atoms with van der Waals surface area (Å²) >= 11 is 0. The maximum absolute atomic E-state index is 13.5. The molecule has 0 saturated carbocycles. The average Bonchev–Trinajstić information content (AvgIpc) is 2.80. The van der Waals surface area contributed by atoms with Gasteiger partial charge in [-0.3, -0.25) is 9.59 Å². The molecule has 1 aliphatic heterocycles. The van der Waals surface area contributed by atoms with Crippen molar-refractivity contribution in [3.05, 3.63) is 29.8 Å². The van der Waals surface area contributed by atoms with E-state index in [9.17, 15) is 26.8 Å². The quantitative estimate of drug-likeness (QED) is 0.879. The van der Waals surface area contributed by atoms with Gasteiger partial charge >= 0.3 is 0 Å². The number of sulfone groups is 1. The van der Waals surface area contributed by atoms with E-state index in [1.807, 2.05) is 0 Å². The SMILES string of the molecule is CC(=O)N(CC(=O)Nc1c(F)cccc1F)C1CCS(=O)(=O)C1. The molecule has 1 aliphatic rings. The largest absolute Gasteiger partial charge is 0.330 e. The number of benzene rings is 1. The molecule has 1 aromatic rings. The van der Waals surface area contributed by atoms with Gasteiger partial charge in [-0.15, -0.1) is 0 Å². The van der Waals surface area contributed by atoms with Gasteiger partial charge in [-0.05, 0) is 18.6 Å². The van der Waals surface area contributed by atoms with Crippen molar-refractivity contribution >= 4 is 27.3 Å². The average molecular weight is 346 g/mol. The number of amides is 2. The van der Waals surface area contributed by atoms with Crippen LogP contribution in [0.2, 0.25) is 0 Å². The molecule has 6 nitrogen and oxygen atoms in total. The third-order valence-corrected chi connectivity index (χ3v) is 5.35. The fourth-order valence-electron chi connectivity index (χ4n) is 2.47. The number of hydrogen-bond donors (Lipinski definition) is 1. The van der Waals surface area contributed by atoms with Crippen molar-refractivity contribution in [1.82, 2.24) is 4.90 Å². The van der Waals surface area contributed by atoms with E-state index in [2.05, 4.69) is 5.32 Å². The predicted molar refractivity (Wildman–Crippen MR) is 79.4 cm³/mol. The summed E-state index contributed by atoms with van der Waals surface area (Å²) in [6.07, 6.45) is 0.239. The maximum Gasteiger partial charge on any atom is 0.244 e. The summed E-state index contributed by atoms with van der Waals surface area (Å²) in [5, 5.41) is 2.08. The molecular formula is C14H16F2N2O4S. The molecule has 0 aliphatic carbocycles. The van der Waals surface area contributed by atoms with Crippen molar-refractivity contribution in [2.24, 2.45) is 0 Å². The van der Waals surface area contributed by atoms with Crippen molar-refractivity contribution in [1.29, 1.82) is 0 Å². The molecule has 0 bridgehead atoms. The molecule has 2 amide bonds. The first kappa shape index (κ1) is 17.3. The number of halogens is 2. The Labute approximate surface area is 132 Å². The molecule has 9 heteroatoms. The standard InChI is InChI=1S/C14H16F2N2O4S/c1-9(19)18(10-5-6-23(21,22)8-10)7-13(20)17-14-11(15)3-2-4-12(14)16/h2-4,10H,5-8H2,1H3,(H,17,20). The summed E-state index contributed by atoms with van der Waals surface area (Å²) in [6, 6.07) is 2.54. The summed E-state index contributed by atoms with van der Waals surface area (Å²) in [5.41, 5.74) is -0.597. The molecule has 1 atom stereocenters. The Bertz CT molecular complexity index is 716. The van der Waals surface area contributed by atoms with Crippen LogP contribution in [0.5, 0.6) is 0 Å². The van der Waals surface area contributed by atoms with Crippen LogP contribution in [0.25, 0.3) is 0 Å². The molecule has 0 radical (unpaired) electrons. The minimum atomic E-state index is -3.23. The van der Waals surface area contributed by atoms with E-state index < -0.39 is 51.6 Å². The Morgan fingerprint density at radius 2 is 1.91 bits per heavy atom. The van der Waals surface area contributed by atoms with E-state index in [0.717, 1.165) is 23.1 Å². The minimum absolute atomic E-state index is 0.0506. The second-order valence-corrected chi connectivity index (χ2v) is 7.58. The molecule has 1 fully saturated rings. The van der Waals surface area contributed by atoms with Crippen molar-refractivity contribution in [2.75, 3.05) is 23.4 Å². The van der Waals surface area contributed by atoms with Gasteiger partial charge < -0.3 is 10.2 Å². The van der Waals surface area contributed by atoms with Crippen LogP contribution in [0, 0.1) is 11.6 Å². The summed E-state index contributed by atoms with van der Waals surface area (Å²) < 4.78 is 50.0. The van der Waals surface area contributed by atoms with Gasteiger partial charge in [-0.2, -0.15) is 0 Å². The highest BCUT2D eigenvalue weighted by Gasteiger charge is 2.34. The zero-order valence-electron chi connectivity index (χ0n) is 12.4. The van der Waals surface area contributed by atoms with Gasteiger partial charge in [0.15, 0.2) is 9.84 Å². The fraction of sp³-hybridized carbons (Fsp3) is 0.429. The summed E-state index contributed by atoms with van der Waals surface area (Å²) in [4.78, 5) is 24.7. The Kier molecular flexibility index (Phi) is 4.98. The van der Waals surface area contributed by atoms with Crippen LogP contribution in [0.4, 0.5) is 14.5 Å². The predicted octanol–water partition coefficient (Wildman–Crippen LogP) is 0.939. The van der Waals surface area contributed by atoms with Gasteiger partial charge in [0.1, 0.15) is 23.9 Å². The highest BCUT2D eigenvalue weighted by molar-refractivity contribution is 7.91. The topological polar surface area (TPSA) is 83.6 Å². The van der Waals surface area contributed by atoms with Gasteiger partial charge in [-0.1, -0.05) is 6.07 Å². The molecule has 2 rings (SSSR count). The van der Waals surface area contributed by atoms with E-state index in [0.29, 0.717) is 0 Å². The van der Waals surface area contributed by atoms with Gasteiger partial charge in [0.25, 0.3) is 0 Å². The first-order chi connectivity index (χ1) is 10.7. The molecule has 126 valence electrons. The van der Waals surface area contributed by atoms with Gasteiger partial charge in [0, 0.05) is 13.0 Å². The number of rotatable bonds is 4. The van der Waals surface area contributed by atoms with Crippen molar-refractivity contribution in [3.8, 4) is 0 Å². The monoisotopic (exact) mass is 346 g/mol. The van der Waals surface area contributed by atoms with Crippen molar-refractivity contribution in [3.63, 3.8) is 0 Å². The fourth-order valence-corrected chi connectivity index (χ4v) is 4.20. The van der Waals surface area contributed by atoms with E-state index in [-0.39, 0.29) is 17.9 Å². The molecular weight excluding hydrogens is 330 g/mol. The Morgan fingerprint density at radius 1 is 1.30 bits per heavy atom. The lowest BCUT2D eigenvalue weighted by molar-refractivity contribution is -0.134. The highest BCUT2D eigenvalue weighted by Crippen LogP contribution is 2.20. The molecule has 1 N–H and O–H groups in total. The van der Waals surface area contributed by atoms with E-state index in [1.165, 1.54) is 6.92 Å². The van der Waals surface area contributed by atoms with Crippen molar-refractivity contribution in [2.45, 2.75) is 19.4 Å². The number of nitrogens with one attached hydrogen (secondary N) is 1. The summed E-state index contributed by atoms with van der Waals surface area (Å²) in [7, 11) is -3.23. The number of anilines is 1. The third-order valence-electron chi connectivity index (χ3n) is 3.59. The Morgan fingerprint density at radius 3 is 2.39 bits per heavy atom. The number of para-hydroxylation sites is 1. The van der Waals surface area contributed by atoms with Gasteiger partial charge in [-0.25, -0.2) is 17.2 Å².